The van der Waals surface area contributed by atoms with E-state index in [1.54, 1.807) is 0 Å². The van der Waals surface area contributed by atoms with Gasteiger partial charge >= 0.3 is 0 Å². The van der Waals surface area contributed by atoms with E-state index < -0.39 is 0 Å². The Labute approximate surface area is 106 Å². The summed E-state index contributed by atoms with van der Waals surface area (Å²) in [5.74, 6) is 0. The molecule has 0 aromatic rings. The minimum atomic E-state index is 0.472. The summed E-state index contributed by atoms with van der Waals surface area (Å²) in [7, 11) is 1.88. The van der Waals surface area contributed by atoms with Crippen molar-refractivity contribution < 1.29 is 4.74 Å². The number of ether oxygens (including phenoxy) is 1. The van der Waals surface area contributed by atoms with Crippen LogP contribution in [0.1, 0.15) is 46.0 Å². The summed E-state index contributed by atoms with van der Waals surface area (Å²) in [5.41, 5.74) is 0. The first kappa shape index (κ1) is 13.3. The van der Waals surface area contributed by atoms with Gasteiger partial charge in [-0.2, -0.15) is 0 Å². The van der Waals surface area contributed by atoms with Crippen molar-refractivity contribution in [2.24, 2.45) is 0 Å². The van der Waals surface area contributed by atoms with Gasteiger partial charge in [0.05, 0.1) is 6.10 Å². The second-order valence-corrected chi connectivity index (χ2v) is 5.54. The third-order valence-electron chi connectivity index (χ3n) is 4.65. The molecule has 0 amide bonds. The molecular weight excluding hydrogens is 212 g/mol. The molecule has 1 heterocycles. The molecule has 4 unspecified atom stereocenters. The number of nitrogens with one attached hydrogen (secondary N) is 1. The Morgan fingerprint density at radius 1 is 1.24 bits per heavy atom. The zero-order valence-corrected chi connectivity index (χ0v) is 11.6. The Hall–Kier alpha value is -0.120. The van der Waals surface area contributed by atoms with Crippen LogP contribution in [0.3, 0.4) is 0 Å². The lowest BCUT2D eigenvalue weighted by molar-refractivity contribution is -0.00471. The summed E-state index contributed by atoms with van der Waals surface area (Å²) in [6.07, 6.45) is 6.86. The van der Waals surface area contributed by atoms with E-state index in [9.17, 15) is 0 Å². The smallest absolute Gasteiger partial charge is 0.0726 e. The highest BCUT2D eigenvalue weighted by Crippen LogP contribution is 2.29. The number of nitrogens with zero attached hydrogens (tertiary/aromatic N) is 1. The molecule has 0 bridgehead atoms. The van der Waals surface area contributed by atoms with Crippen molar-refractivity contribution in [3.8, 4) is 0 Å². The first-order valence-electron chi connectivity index (χ1n) is 7.32. The van der Waals surface area contributed by atoms with E-state index in [1.807, 2.05) is 7.11 Å². The quantitative estimate of drug-likeness (QED) is 0.813. The van der Waals surface area contributed by atoms with E-state index in [-0.39, 0.29) is 0 Å². The summed E-state index contributed by atoms with van der Waals surface area (Å²) >= 11 is 0. The summed E-state index contributed by atoms with van der Waals surface area (Å²) in [6, 6.07) is 2.05. The van der Waals surface area contributed by atoms with Gasteiger partial charge in [-0.1, -0.05) is 13.8 Å². The van der Waals surface area contributed by atoms with E-state index in [4.69, 9.17) is 4.74 Å². The predicted octanol–water partition coefficient (Wildman–Crippen LogP) is 2.02. The predicted molar refractivity (Wildman–Crippen MR) is 71.3 cm³/mol. The Kier molecular flexibility index (Phi) is 4.83. The molecule has 0 radical (unpaired) electrons. The van der Waals surface area contributed by atoms with E-state index in [0.29, 0.717) is 24.2 Å². The van der Waals surface area contributed by atoms with E-state index in [2.05, 4.69) is 24.1 Å². The van der Waals surface area contributed by atoms with Crippen LogP contribution in [0, 0.1) is 0 Å². The number of methoxy groups -OCH3 is 1. The maximum atomic E-state index is 5.68. The van der Waals surface area contributed by atoms with Crippen molar-refractivity contribution in [3.05, 3.63) is 0 Å². The SMILES string of the molecule is CCC1CN(C2CCCC2OC)C(CC)CN1. The van der Waals surface area contributed by atoms with Crippen molar-refractivity contribution in [2.45, 2.75) is 70.2 Å². The maximum Gasteiger partial charge on any atom is 0.0726 e. The largest absolute Gasteiger partial charge is 0.380 e. The summed E-state index contributed by atoms with van der Waals surface area (Å²) in [6.45, 7) is 6.95. The second kappa shape index (κ2) is 6.17. The lowest BCUT2D eigenvalue weighted by Gasteiger charge is -2.44. The van der Waals surface area contributed by atoms with E-state index in [1.165, 1.54) is 38.6 Å². The van der Waals surface area contributed by atoms with Crippen molar-refractivity contribution in [2.75, 3.05) is 20.2 Å². The molecule has 17 heavy (non-hydrogen) atoms. The van der Waals surface area contributed by atoms with Crippen LogP contribution in [0.2, 0.25) is 0 Å². The number of piperazine rings is 1. The Bertz CT molecular complexity index is 234. The molecule has 1 aliphatic heterocycles. The molecule has 3 heteroatoms. The molecule has 1 N–H and O–H groups in total. The zero-order valence-electron chi connectivity index (χ0n) is 11.6. The molecule has 1 saturated heterocycles. The van der Waals surface area contributed by atoms with Gasteiger partial charge in [0.1, 0.15) is 0 Å². The average molecular weight is 240 g/mol. The lowest BCUT2D eigenvalue weighted by Crippen LogP contribution is -2.60. The van der Waals surface area contributed by atoms with Gasteiger partial charge in [-0.3, -0.25) is 4.90 Å². The van der Waals surface area contributed by atoms with Gasteiger partial charge in [-0.15, -0.1) is 0 Å². The van der Waals surface area contributed by atoms with E-state index >= 15 is 0 Å². The number of hydrogen-bond acceptors (Lipinski definition) is 3. The monoisotopic (exact) mass is 240 g/mol. The minimum Gasteiger partial charge on any atom is -0.380 e. The first-order chi connectivity index (χ1) is 8.30. The molecule has 0 aromatic heterocycles. The third kappa shape index (κ3) is 2.83. The van der Waals surface area contributed by atoms with Crippen LogP contribution in [0.4, 0.5) is 0 Å². The van der Waals surface area contributed by atoms with Gasteiger partial charge in [0.2, 0.25) is 0 Å². The molecule has 0 spiro atoms. The van der Waals surface area contributed by atoms with Gasteiger partial charge in [-0.25, -0.2) is 0 Å². The molecular formula is C14H28N2O. The normalized spacial score (nSPS) is 39.7. The van der Waals surface area contributed by atoms with Gasteiger partial charge in [0.25, 0.3) is 0 Å². The molecule has 4 atom stereocenters. The second-order valence-electron chi connectivity index (χ2n) is 5.54. The van der Waals surface area contributed by atoms with E-state index in [0.717, 1.165) is 6.54 Å². The third-order valence-corrected chi connectivity index (χ3v) is 4.65. The Morgan fingerprint density at radius 2 is 2.06 bits per heavy atom. The van der Waals surface area contributed by atoms with Crippen molar-refractivity contribution in [1.29, 1.82) is 0 Å². The molecule has 3 nitrogen and oxygen atoms in total. The van der Waals surface area contributed by atoms with Crippen molar-refractivity contribution in [1.82, 2.24) is 10.2 Å². The number of rotatable bonds is 4. The molecule has 2 rings (SSSR count). The van der Waals surface area contributed by atoms with Crippen LogP contribution in [-0.4, -0.2) is 49.3 Å². The van der Waals surface area contributed by atoms with Crippen LogP contribution in [0.15, 0.2) is 0 Å². The van der Waals surface area contributed by atoms with Crippen molar-refractivity contribution in [3.63, 3.8) is 0 Å². The lowest BCUT2D eigenvalue weighted by atomic mass is 10.0. The van der Waals surface area contributed by atoms with Gasteiger partial charge < -0.3 is 10.1 Å². The van der Waals surface area contributed by atoms with Gasteiger partial charge in [-0.05, 0) is 32.1 Å². The van der Waals surface area contributed by atoms with Crippen molar-refractivity contribution >= 4 is 0 Å². The Morgan fingerprint density at radius 3 is 2.71 bits per heavy atom. The number of hydrogen-bond donors (Lipinski definition) is 1. The average Bonchev–Trinajstić information content (AvgIpc) is 2.86. The van der Waals surface area contributed by atoms with Crippen LogP contribution in [0.5, 0.6) is 0 Å². The highest BCUT2D eigenvalue weighted by atomic mass is 16.5. The summed E-state index contributed by atoms with van der Waals surface area (Å²) in [5, 5.41) is 3.67. The standard InChI is InChI=1S/C14H28N2O/c1-4-11-10-16(12(5-2)9-15-11)13-7-6-8-14(13)17-3/h11-15H,4-10H2,1-3H3. The first-order valence-corrected chi connectivity index (χ1v) is 7.32. The molecule has 2 fully saturated rings. The topological polar surface area (TPSA) is 24.5 Å². The molecule has 100 valence electrons. The van der Waals surface area contributed by atoms with Crippen LogP contribution in [-0.2, 0) is 4.74 Å². The van der Waals surface area contributed by atoms with Crippen LogP contribution < -0.4 is 5.32 Å². The fourth-order valence-electron chi connectivity index (χ4n) is 3.51. The summed E-state index contributed by atoms with van der Waals surface area (Å²) in [4.78, 5) is 2.74. The minimum absolute atomic E-state index is 0.472. The Balaban J connectivity index is 2.03. The molecule has 1 aliphatic carbocycles. The van der Waals surface area contributed by atoms with Gasteiger partial charge in [0.15, 0.2) is 0 Å². The zero-order chi connectivity index (χ0) is 12.3. The van der Waals surface area contributed by atoms with Crippen LogP contribution >= 0.6 is 0 Å². The van der Waals surface area contributed by atoms with Gasteiger partial charge in [0, 0.05) is 38.3 Å². The highest BCUT2D eigenvalue weighted by molar-refractivity contribution is 4.94. The maximum absolute atomic E-state index is 5.68. The molecule has 0 aromatic carbocycles. The summed E-state index contributed by atoms with van der Waals surface area (Å²) < 4.78 is 5.68. The van der Waals surface area contributed by atoms with Crippen LogP contribution in [0.25, 0.3) is 0 Å². The molecule has 2 aliphatic rings. The fourth-order valence-corrected chi connectivity index (χ4v) is 3.51. The fraction of sp³-hybridized carbons (Fsp3) is 1.00. The highest BCUT2D eigenvalue weighted by Gasteiger charge is 2.37. The molecule has 1 saturated carbocycles.